The average Bonchev–Trinajstić information content (AvgIpc) is 2.86. The molecule has 3 nitrogen and oxygen atoms in total. The fourth-order valence-corrected chi connectivity index (χ4v) is 3.13. The van der Waals surface area contributed by atoms with Gasteiger partial charge in [0.05, 0.1) is 4.99 Å². The van der Waals surface area contributed by atoms with Gasteiger partial charge in [-0.05, 0) is 31.1 Å². The van der Waals surface area contributed by atoms with Crippen LogP contribution in [0.4, 0.5) is 0 Å². The number of amides is 1. The van der Waals surface area contributed by atoms with Gasteiger partial charge in [0.25, 0.3) is 0 Å². The van der Waals surface area contributed by atoms with E-state index in [1.165, 1.54) is 19.3 Å². The van der Waals surface area contributed by atoms with E-state index in [1.54, 1.807) is 0 Å². The molecule has 2 rings (SSSR count). The Morgan fingerprint density at radius 3 is 2.75 bits per heavy atom. The Balaban J connectivity index is 1.78. The summed E-state index contributed by atoms with van der Waals surface area (Å²) in [6.07, 6.45) is 4.94. The van der Waals surface area contributed by atoms with Crippen LogP contribution >= 0.6 is 12.2 Å². The van der Waals surface area contributed by atoms with Gasteiger partial charge in [0.15, 0.2) is 0 Å². The molecule has 2 saturated carbocycles. The summed E-state index contributed by atoms with van der Waals surface area (Å²) in [4.78, 5) is 12.4. The predicted molar refractivity (Wildman–Crippen MR) is 67.9 cm³/mol. The van der Waals surface area contributed by atoms with Gasteiger partial charge in [0, 0.05) is 18.4 Å². The fraction of sp³-hybridized carbons (Fsp3) is 0.833. The Hall–Kier alpha value is -0.640. The van der Waals surface area contributed by atoms with Crippen LogP contribution in [0.5, 0.6) is 0 Å². The average molecular weight is 240 g/mol. The summed E-state index contributed by atoms with van der Waals surface area (Å²) in [5.41, 5.74) is 5.52. The molecule has 4 unspecified atom stereocenters. The minimum absolute atomic E-state index is 0.0949. The molecule has 4 heteroatoms. The van der Waals surface area contributed by atoms with Gasteiger partial charge in [-0.25, -0.2) is 0 Å². The third-order valence-electron chi connectivity index (χ3n) is 4.14. The second-order valence-electron chi connectivity index (χ2n) is 5.33. The molecule has 0 spiro atoms. The summed E-state index contributed by atoms with van der Waals surface area (Å²) in [5, 5.41) is 2.98. The van der Waals surface area contributed by atoms with Crippen molar-refractivity contribution >= 4 is 23.1 Å². The predicted octanol–water partition coefficient (Wildman–Crippen LogP) is 1.46. The lowest BCUT2D eigenvalue weighted by molar-refractivity contribution is -0.126. The number of carbonyl (C=O) groups is 1. The fourth-order valence-electron chi connectivity index (χ4n) is 3.05. The third-order valence-corrected chi connectivity index (χ3v) is 4.55. The summed E-state index contributed by atoms with van der Waals surface area (Å²) >= 11 is 4.88. The van der Waals surface area contributed by atoms with Gasteiger partial charge < -0.3 is 11.1 Å². The Kier molecular flexibility index (Phi) is 3.47. The van der Waals surface area contributed by atoms with E-state index in [0.29, 0.717) is 17.5 Å². The van der Waals surface area contributed by atoms with Gasteiger partial charge in [-0.15, -0.1) is 0 Å². The van der Waals surface area contributed by atoms with Crippen molar-refractivity contribution in [3.8, 4) is 0 Å². The minimum atomic E-state index is 0.0949. The molecule has 0 aromatic rings. The highest BCUT2D eigenvalue weighted by molar-refractivity contribution is 7.80. The summed E-state index contributed by atoms with van der Waals surface area (Å²) in [6, 6.07) is 0. The van der Waals surface area contributed by atoms with Crippen molar-refractivity contribution in [3.05, 3.63) is 0 Å². The normalized spacial score (nSPS) is 33.7. The molecule has 0 saturated heterocycles. The minimum Gasteiger partial charge on any atom is -0.393 e. The van der Waals surface area contributed by atoms with E-state index in [2.05, 4.69) is 5.32 Å². The Morgan fingerprint density at radius 1 is 1.50 bits per heavy atom. The van der Waals surface area contributed by atoms with E-state index in [0.717, 1.165) is 12.3 Å². The summed E-state index contributed by atoms with van der Waals surface area (Å²) in [6.45, 7) is 2.53. The van der Waals surface area contributed by atoms with E-state index >= 15 is 0 Å². The standard InChI is InChI=1S/C12H20N2OS/c1-7(11(13)16)6-14-12(15)10-5-8-2-3-9(10)4-8/h7-10H,2-6H2,1H3,(H2,13,16)(H,14,15). The number of nitrogens with one attached hydrogen (secondary N) is 1. The first-order valence-corrected chi connectivity index (χ1v) is 6.55. The smallest absolute Gasteiger partial charge is 0.223 e. The van der Waals surface area contributed by atoms with Crippen molar-refractivity contribution in [2.45, 2.75) is 32.6 Å². The van der Waals surface area contributed by atoms with Crippen molar-refractivity contribution in [2.24, 2.45) is 29.4 Å². The van der Waals surface area contributed by atoms with Crippen molar-refractivity contribution in [2.75, 3.05) is 6.54 Å². The number of nitrogens with two attached hydrogens (primary N) is 1. The molecule has 16 heavy (non-hydrogen) atoms. The molecule has 2 fully saturated rings. The molecule has 3 N–H and O–H groups in total. The lowest BCUT2D eigenvalue weighted by Gasteiger charge is -2.21. The van der Waals surface area contributed by atoms with Crippen LogP contribution in [0.1, 0.15) is 32.6 Å². The van der Waals surface area contributed by atoms with E-state index in [-0.39, 0.29) is 17.7 Å². The summed E-state index contributed by atoms with van der Waals surface area (Å²) in [7, 11) is 0. The maximum absolute atomic E-state index is 12.0. The van der Waals surface area contributed by atoms with Crippen LogP contribution in [0.2, 0.25) is 0 Å². The highest BCUT2D eigenvalue weighted by Gasteiger charge is 2.42. The van der Waals surface area contributed by atoms with Crippen LogP contribution in [0.15, 0.2) is 0 Å². The zero-order valence-electron chi connectivity index (χ0n) is 9.74. The SMILES string of the molecule is CC(CNC(=O)C1CC2CCC1C2)C(N)=S. The van der Waals surface area contributed by atoms with Crippen molar-refractivity contribution in [3.63, 3.8) is 0 Å². The Bertz CT molecular complexity index is 305. The zero-order chi connectivity index (χ0) is 11.7. The first-order valence-electron chi connectivity index (χ1n) is 6.15. The second kappa shape index (κ2) is 4.70. The highest BCUT2D eigenvalue weighted by Crippen LogP contribution is 2.48. The zero-order valence-corrected chi connectivity index (χ0v) is 10.6. The molecule has 90 valence electrons. The molecule has 4 atom stereocenters. The molecule has 2 aliphatic carbocycles. The number of hydrogen-bond donors (Lipinski definition) is 2. The van der Waals surface area contributed by atoms with Gasteiger partial charge in [-0.3, -0.25) is 4.79 Å². The first kappa shape index (κ1) is 11.8. The number of rotatable bonds is 4. The van der Waals surface area contributed by atoms with Crippen LogP contribution in [0, 0.1) is 23.7 Å². The summed E-state index contributed by atoms with van der Waals surface area (Å²) in [5.74, 6) is 2.03. The van der Waals surface area contributed by atoms with Crippen LogP contribution < -0.4 is 11.1 Å². The first-order chi connectivity index (χ1) is 7.58. The number of fused-ring (bicyclic) bond motifs is 2. The molecule has 0 aromatic heterocycles. The molecule has 0 aliphatic heterocycles. The Morgan fingerprint density at radius 2 is 2.25 bits per heavy atom. The maximum Gasteiger partial charge on any atom is 0.223 e. The van der Waals surface area contributed by atoms with Crippen molar-refractivity contribution in [1.82, 2.24) is 5.32 Å². The number of thiocarbonyl (C=S) groups is 1. The molecule has 2 aliphatic rings. The van der Waals surface area contributed by atoms with Gasteiger partial charge in [0.2, 0.25) is 5.91 Å². The van der Waals surface area contributed by atoms with Crippen molar-refractivity contribution < 1.29 is 4.79 Å². The molecule has 0 heterocycles. The van der Waals surface area contributed by atoms with Crippen LogP contribution in [0.3, 0.4) is 0 Å². The van der Waals surface area contributed by atoms with Crippen LogP contribution in [-0.4, -0.2) is 17.4 Å². The van der Waals surface area contributed by atoms with E-state index < -0.39 is 0 Å². The number of hydrogen-bond acceptors (Lipinski definition) is 2. The topological polar surface area (TPSA) is 55.1 Å². The second-order valence-corrected chi connectivity index (χ2v) is 5.80. The molecule has 1 amide bonds. The van der Waals surface area contributed by atoms with E-state index in [1.807, 2.05) is 6.92 Å². The van der Waals surface area contributed by atoms with E-state index in [9.17, 15) is 4.79 Å². The van der Waals surface area contributed by atoms with Crippen molar-refractivity contribution in [1.29, 1.82) is 0 Å². The quantitative estimate of drug-likeness (QED) is 0.732. The third kappa shape index (κ3) is 2.37. The summed E-state index contributed by atoms with van der Waals surface area (Å²) < 4.78 is 0. The van der Waals surface area contributed by atoms with Crippen LogP contribution in [-0.2, 0) is 4.79 Å². The molecule has 0 aromatic carbocycles. The lowest BCUT2D eigenvalue weighted by Crippen LogP contribution is -2.38. The van der Waals surface area contributed by atoms with Gasteiger partial charge in [-0.2, -0.15) is 0 Å². The largest absolute Gasteiger partial charge is 0.393 e. The Labute approximate surface area is 102 Å². The molecule has 2 bridgehead atoms. The maximum atomic E-state index is 12.0. The lowest BCUT2D eigenvalue weighted by atomic mass is 9.88. The molecular formula is C12H20N2OS. The monoisotopic (exact) mass is 240 g/mol. The number of carbonyl (C=O) groups excluding carboxylic acids is 1. The molecular weight excluding hydrogens is 220 g/mol. The highest BCUT2D eigenvalue weighted by atomic mass is 32.1. The van der Waals surface area contributed by atoms with Gasteiger partial charge in [-0.1, -0.05) is 25.6 Å². The van der Waals surface area contributed by atoms with E-state index in [4.69, 9.17) is 18.0 Å². The van der Waals surface area contributed by atoms with Gasteiger partial charge in [0.1, 0.15) is 0 Å². The van der Waals surface area contributed by atoms with Gasteiger partial charge >= 0.3 is 0 Å². The molecule has 0 radical (unpaired) electrons. The van der Waals surface area contributed by atoms with Crippen LogP contribution in [0.25, 0.3) is 0 Å².